The molecular formula is C18H15FN4O5. The minimum atomic E-state index is -1.34. The summed E-state index contributed by atoms with van der Waals surface area (Å²) in [4.78, 5) is 47.9. The maximum Gasteiger partial charge on any atom is 0.325 e. The molecule has 1 fully saturated rings. The Kier molecular flexibility index (Phi) is 4.78. The number of amides is 4. The zero-order chi connectivity index (χ0) is 20.5. The van der Waals surface area contributed by atoms with Gasteiger partial charge in [-0.25, -0.2) is 9.18 Å². The van der Waals surface area contributed by atoms with Crippen molar-refractivity contribution in [3.05, 3.63) is 70.0 Å². The zero-order valence-electron chi connectivity index (χ0n) is 14.6. The molecule has 2 aromatic rings. The number of anilines is 1. The van der Waals surface area contributed by atoms with Crippen molar-refractivity contribution in [2.24, 2.45) is 0 Å². The number of halogens is 1. The van der Waals surface area contributed by atoms with Crippen LogP contribution in [0.2, 0.25) is 0 Å². The second-order valence-corrected chi connectivity index (χ2v) is 6.28. The Hall–Kier alpha value is -3.82. The maximum absolute atomic E-state index is 13.8. The lowest BCUT2D eigenvalue weighted by molar-refractivity contribution is -0.384. The number of rotatable bonds is 5. The van der Waals surface area contributed by atoms with Gasteiger partial charge in [-0.1, -0.05) is 30.3 Å². The SMILES string of the molecule is C[C@@]1(c2ccccc2)NC(=O)N(CC(=O)Nc2cc([N+](=O)[O-])ccc2F)C1=O. The Morgan fingerprint density at radius 2 is 1.93 bits per heavy atom. The summed E-state index contributed by atoms with van der Waals surface area (Å²) in [6.45, 7) is 0.843. The number of nitro benzene ring substituents is 1. The van der Waals surface area contributed by atoms with E-state index in [9.17, 15) is 28.9 Å². The number of nitrogens with one attached hydrogen (secondary N) is 2. The largest absolute Gasteiger partial charge is 0.325 e. The molecule has 2 aromatic carbocycles. The van der Waals surface area contributed by atoms with Gasteiger partial charge in [0.15, 0.2) is 0 Å². The Morgan fingerprint density at radius 3 is 2.57 bits per heavy atom. The molecule has 3 rings (SSSR count). The molecule has 1 aliphatic heterocycles. The molecule has 10 heteroatoms. The summed E-state index contributed by atoms with van der Waals surface area (Å²) in [7, 11) is 0. The molecule has 0 spiro atoms. The first-order chi connectivity index (χ1) is 13.2. The van der Waals surface area contributed by atoms with Crippen molar-refractivity contribution in [1.29, 1.82) is 0 Å². The summed E-state index contributed by atoms with van der Waals surface area (Å²) < 4.78 is 13.8. The molecule has 0 bridgehead atoms. The summed E-state index contributed by atoms with van der Waals surface area (Å²) in [5.74, 6) is -2.40. The lowest BCUT2D eigenvalue weighted by Crippen LogP contribution is -2.42. The van der Waals surface area contributed by atoms with Gasteiger partial charge < -0.3 is 10.6 Å². The highest BCUT2D eigenvalue weighted by Crippen LogP contribution is 2.28. The Labute approximate surface area is 158 Å². The van der Waals surface area contributed by atoms with Gasteiger partial charge in [-0.15, -0.1) is 0 Å². The number of carbonyl (C=O) groups is 3. The maximum atomic E-state index is 13.8. The number of benzene rings is 2. The van der Waals surface area contributed by atoms with Crippen molar-refractivity contribution < 1.29 is 23.7 Å². The predicted octanol–water partition coefficient (Wildman–Crippen LogP) is 2.14. The van der Waals surface area contributed by atoms with Crippen LogP contribution in [0.5, 0.6) is 0 Å². The number of urea groups is 1. The summed E-state index contributed by atoms with van der Waals surface area (Å²) in [5, 5.41) is 15.5. The molecule has 4 amide bonds. The van der Waals surface area contributed by atoms with Gasteiger partial charge in [-0.3, -0.25) is 24.6 Å². The van der Waals surface area contributed by atoms with Crippen LogP contribution in [-0.4, -0.2) is 34.2 Å². The summed E-state index contributed by atoms with van der Waals surface area (Å²) in [6.07, 6.45) is 0. The third-order valence-corrected chi connectivity index (χ3v) is 4.36. The molecule has 0 radical (unpaired) electrons. The van der Waals surface area contributed by atoms with Gasteiger partial charge >= 0.3 is 6.03 Å². The first kappa shape index (κ1) is 19.0. The number of non-ortho nitro benzene ring substituents is 1. The molecule has 1 heterocycles. The number of nitrogens with zero attached hydrogens (tertiary/aromatic N) is 2. The van der Waals surface area contributed by atoms with Gasteiger partial charge in [-0.2, -0.15) is 0 Å². The number of hydrogen-bond donors (Lipinski definition) is 2. The monoisotopic (exact) mass is 386 g/mol. The molecular weight excluding hydrogens is 371 g/mol. The van der Waals surface area contributed by atoms with Crippen LogP contribution < -0.4 is 10.6 Å². The predicted molar refractivity (Wildman–Crippen MR) is 95.7 cm³/mol. The van der Waals surface area contributed by atoms with Gasteiger partial charge in [0, 0.05) is 12.1 Å². The van der Waals surface area contributed by atoms with Crippen LogP contribution in [0.3, 0.4) is 0 Å². The van der Waals surface area contributed by atoms with Gasteiger partial charge in [0.2, 0.25) is 5.91 Å². The van der Waals surface area contributed by atoms with Crippen LogP contribution in [0.25, 0.3) is 0 Å². The quantitative estimate of drug-likeness (QED) is 0.463. The number of hydrogen-bond acceptors (Lipinski definition) is 5. The standard InChI is InChI=1S/C18H15FN4O5/c1-18(11-5-3-2-4-6-11)16(25)22(17(26)21-18)10-15(24)20-14-9-12(23(27)28)7-8-13(14)19/h2-9H,10H2,1H3,(H,20,24)(H,21,26)/t18-/m0/s1. The van der Waals surface area contributed by atoms with Crippen molar-refractivity contribution in [2.75, 3.05) is 11.9 Å². The van der Waals surface area contributed by atoms with Crippen LogP contribution in [-0.2, 0) is 15.1 Å². The van der Waals surface area contributed by atoms with Crippen LogP contribution in [0.1, 0.15) is 12.5 Å². The van der Waals surface area contributed by atoms with Gasteiger partial charge in [-0.05, 0) is 18.6 Å². The van der Waals surface area contributed by atoms with Crippen molar-refractivity contribution in [3.8, 4) is 0 Å². The molecule has 1 aliphatic rings. The average molecular weight is 386 g/mol. The first-order valence-corrected chi connectivity index (χ1v) is 8.16. The van der Waals surface area contributed by atoms with Gasteiger partial charge in [0.05, 0.1) is 10.6 Å². The summed E-state index contributed by atoms with van der Waals surface area (Å²) in [5.41, 5.74) is -1.63. The van der Waals surface area contributed by atoms with Crippen LogP contribution in [0, 0.1) is 15.9 Å². The minimum absolute atomic E-state index is 0.414. The van der Waals surface area contributed by atoms with E-state index in [4.69, 9.17) is 0 Å². The molecule has 0 aromatic heterocycles. The van der Waals surface area contributed by atoms with E-state index in [2.05, 4.69) is 10.6 Å². The third-order valence-electron chi connectivity index (χ3n) is 4.36. The van der Waals surface area contributed by atoms with Crippen molar-refractivity contribution in [1.82, 2.24) is 10.2 Å². The van der Waals surface area contributed by atoms with E-state index in [-0.39, 0.29) is 0 Å². The van der Waals surface area contributed by atoms with E-state index < -0.39 is 52.0 Å². The molecule has 1 atom stereocenters. The average Bonchev–Trinajstić information content (AvgIpc) is 2.88. The highest BCUT2D eigenvalue weighted by molar-refractivity contribution is 6.10. The smallest absolute Gasteiger partial charge is 0.322 e. The first-order valence-electron chi connectivity index (χ1n) is 8.16. The molecule has 144 valence electrons. The molecule has 0 aliphatic carbocycles. The Morgan fingerprint density at radius 1 is 1.25 bits per heavy atom. The van der Waals surface area contributed by atoms with Gasteiger partial charge in [0.25, 0.3) is 11.6 Å². The zero-order valence-corrected chi connectivity index (χ0v) is 14.6. The van der Waals surface area contributed by atoms with Crippen molar-refractivity contribution in [2.45, 2.75) is 12.5 Å². The van der Waals surface area contributed by atoms with E-state index in [1.807, 2.05) is 0 Å². The Bertz CT molecular complexity index is 981. The highest BCUT2D eigenvalue weighted by atomic mass is 19.1. The van der Waals surface area contributed by atoms with E-state index >= 15 is 0 Å². The topological polar surface area (TPSA) is 122 Å². The Balaban J connectivity index is 1.76. The van der Waals surface area contributed by atoms with Gasteiger partial charge in [0.1, 0.15) is 17.9 Å². The molecule has 0 unspecified atom stereocenters. The third kappa shape index (κ3) is 3.39. The fourth-order valence-electron chi connectivity index (χ4n) is 2.86. The van der Waals surface area contributed by atoms with Crippen molar-refractivity contribution >= 4 is 29.2 Å². The van der Waals surface area contributed by atoms with Crippen LogP contribution in [0.4, 0.5) is 20.6 Å². The lowest BCUT2D eigenvalue weighted by atomic mass is 9.92. The lowest BCUT2D eigenvalue weighted by Gasteiger charge is -2.22. The normalized spacial score (nSPS) is 18.7. The van der Waals surface area contributed by atoms with E-state index in [0.717, 1.165) is 18.2 Å². The van der Waals surface area contributed by atoms with E-state index in [1.54, 1.807) is 30.3 Å². The molecule has 9 nitrogen and oxygen atoms in total. The number of carbonyl (C=O) groups excluding carboxylic acids is 3. The second kappa shape index (κ2) is 7.06. The fraction of sp³-hybridized carbons (Fsp3) is 0.167. The van der Waals surface area contributed by atoms with E-state index in [0.29, 0.717) is 10.5 Å². The molecule has 1 saturated heterocycles. The second-order valence-electron chi connectivity index (χ2n) is 6.28. The fourth-order valence-corrected chi connectivity index (χ4v) is 2.86. The molecule has 28 heavy (non-hydrogen) atoms. The van der Waals surface area contributed by atoms with Crippen LogP contribution in [0.15, 0.2) is 48.5 Å². The van der Waals surface area contributed by atoms with E-state index in [1.165, 1.54) is 6.92 Å². The molecule has 0 saturated carbocycles. The summed E-state index contributed by atoms with van der Waals surface area (Å²) >= 11 is 0. The van der Waals surface area contributed by atoms with Crippen LogP contribution >= 0.6 is 0 Å². The highest BCUT2D eigenvalue weighted by Gasteiger charge is 2.49. The number of nitro groups is 1. The van der Waals surface area contributed by atoms with Crippen molar-refractivity contribution in [3.63, 3.8) is 0 Å². The molecule has 2 N–H and O–H groups in total. The summed E-state index contributed by atoms with van der Waals surface area (Å²) in [6, 6.07) is 10.4. The number of imide groups is 1. The minimum Gasteiger partial charge on any atom is -0.322 e.